The largest absolute Gasteiger partial charge is 0.416 e. The number of rotatable bonds is 2. The second-order valence-electron chi connectivity index (χ2n) is 4.20. The normalized spacial score (nSPS) is 21.9. The van der Waals surface area contributed by atoms with Gasteiger partial charge in [0, 0.05) is 6.61 Å². The molecule has 1 aromatic carbocycles. The molecular weight excluding hydrogens is 269 g/mol. The molecule has 0 radical (unpaired) electrons. The molecule has 1 aliphatic heterocycles. The van der Waals surface area contributed by atoms with E-state index in [0.717, 1.165) is 18.2 Å². The molecule has 18 heavy (non-hydrogen) atoms. The second-order valence-corrected chi connectivity index (χ2v) is 6.40. The second kappa shape index (κ2) is 4.24. The third kappa shape index (κ3) is 2.12. The zero-order chi connectivity index (χ0) is 13.6. The predicted molar refractivity (Wildman–Crippen MR) is 57.8 cm³/mol. The van der Waals surface area contributed by atoms with Crippen LogP contribution < -0.4 is 0 Å². The summed E-state index contributed by atoms with van der Waals surface area (Å²) in [5, 5.41) is 7.96. The highest BCUT2D eigenvalue weighted by Crippen LogP contribution is 2.37. The highest BCUT2D eigenvalue weighted by atomic mass is 32.2. The van der Waals surface area contributed by atoms with Crippen molar-refractivity contribution in [2.75, 3.05) is 6.61 Å². The molecule has 0 saturated carbocycles. The van der Waals surface area contributed by atoms with E-state index in [1.807, 2.05) is 0 Å². The topological polar surface area (TPSA) is 54.4 Å². The van der Waals surface area contributed by atoms with Crippen molar-refractivity contribution in [1.29, 1.82) is 0 Å². The SMILES string of the molecule is O=S1(=O)c2ccc(C(F)(F)F)cc2CC1CCO. The molecule has 100 valence electrons. The van der Waals surface area contributed by atoms with Crippen LogP contribution in [0.2, 0.25) is 0 Å². The number of hydrogen-bond donors (Lipinski definition) is 1. The minimum Gasteiger partial charge on any atom is -0.396 e. The van der Waals surface area contributed by atoms with Gasteiger partial charge in [0.05, 0.1) is 15.7 Å². The first-order chi connectivity index (χ1) is 8.26. The van der Waals surface area contributed by atoms with Crippen LogP contribution in [0.15, 0.2) is 23.1 Å². The minimum atomic E-state index is -4.48. The number of halogens is 3. The number of hydrogen-bond acceptors (Lipinski definition) is 3. The van der Waals surface area contributed by atoms with E-state index in [1.54, 1.807) is 0 Å². The Balaban J connectivity index is 2.46. The van der Waals surface area contributed by atoms with Crippen molar-refractivity contribution < 1.29 is 26.7 Å². The molecule has 0 spiro atoms. The van der Waals surface area contributed by atoms with Gasteiger partial charge in [0.2, 0.25) is 0 Å². The molecule has 1 N–H and O–H groups in total. The molecule has 0 amide bonds. The van der Waals surface area contributed by atoms with Gasteiger partial charge < -0.3 is 5.11 Å². The van der Waals surface area contributed by atoms with Gasteiger partial charge in [-0.3, -0.25) is 0 Å². The fourth-order valence-corrected chi connectivity index (χ4v) is 4.07. The summed E-state index contributed by atoms with van der Waals surface area (Å²) >= 11 is 0. The fraction of sp³-hybridized carbons (Fsp3) is 0.455. The summed E-state index contributed by atoms with van der Waals surface area (Å²) in [5.41, 5.74) is -0.663. The maximum absolute atomic E-state index is 12.5. The molecule has 1 aromatic rings. The Hall–Kier alpha value is -1.08. The molecule has 2 rings (SSSR count). The van der Waals surface area contributed by atoms with Crippen molar-refractivity contribution in [2.45, 2.75) is 29.2 Å². The fourth-order valence-electron chi connectivity index (χ4n) is 2.13. The van der Waals surface area contributed by atoms with E-state index in [-0.39, 0.29) is 29.9 Å². The van der Waals surface area contributed by atoms with Crippen LogP contribution in [0.4, 0.5) is 13.2 Å². The minimum absolute atomic E-state index is 0.0299. The summed E-state index contributed by atoms with van der Waals surface area (Å²) < 4.78 is 61.4. The summed E-state index contributed by atoms with van der Waals surface area (Å²) in [7, 11) is -3.60. The van der Waals surface area contributed by atoms with Crippen LogP contribution in [0.3, 0.4) is 0 Å². The van der Waals surface area contributed by atoms with Crippen LogP contribution in [0, 0.1) is 0 Å². The quantitative estimate of drug-likeness (QED) is 0.898. The van der Waals surface area contributed by atoms with E-state index in [0.29, 0.717) is 0 Å². The van der Waals surface area contributed by atoms with E-state index in [4.69, 9.17) is 5.11 Å². The lowest BCUT2D eigenvalue weighted by atomic mass is 10.1. The zero-order valence-electron chi connectivity index (χ0n) is 9.24. The smallest absolute Gasteiger partial charge is 0.396 e. The maximum Gasteiger partial charge on any atom is 0.416 e. The predicted octanol–water partition coefficient (Wildman–Crippen LogP) is 1.79. The molecular formula is C11H11F3O3S. The van der Waals surface area contributed by atoms with Gasteiger partial charge in [-0.1, -0.05) is 0 Å². The average molecular weight is 280 g/mol. The lowest BCUT2D eigenvalue weighted by Crippen LogP contribution is -2.18. The molecule has 0 aromatic heterocycles. The van der Waals surface area contributed by atoms with Crippen LogP contribution in [0.1, 0.15) is 17.5 Å². The molecule has 7 heteroatoms. The van der Waals surface area contributed by atoms with Crippen LogP contribution >= 0.6 is 0 Å². The Labute approximate surface area is 102 Å². The van der Waals surface area contributed by atoms with Gasteiger partial charge in [-0.05, 0) is 36.6 Å². The van der Waals surface area contributed by atoms with Gasteiger partial charge in [0.15, 0.2) is 9.84 Å². The Morgan fingerprint density at radius 3 is 2.56 bits per heavy atom. The van der Waals surface area contributed by atoms with Crippen molar-refractivity contribution in [3.63, 3.8) is 0 Å². The van der Waals surface area contributed by atoms with E-state index in [9.17, 15) is 21.6 Å². The first-order valence-corrected chi connectivity index (χ1v) is 6.86. The zero-order valence-corrected chi connectivity index (χ0v) is 10.1. The van der Waals surface area contributed by atoms with Crippen molar-refractivity contribution in [1.82, 2.24) is 0 Å². The number of alkyl halides is 3. The highest BCUT2D eigenvalue weighted by molar-refractivity contribution is 7.92. The standard InChI is InChI=1S/C11H11F3O3S/c12-11(13,14)8-1-2-10-7(5-8)6-9(3-4-15)18(10,16)17/h1-2,5,9,15H,3-4,6H2. The lowest BCUT2D eigenvalue weighted by molar-refractivity contribution is -0.137. The molecule has 1 aliphatic rings. The third-order valence-corrected chi connectivity index (χ3v) is 5.32. The van der Waals surface area contributed by atoms with Gasteiger partial charge >= 0.3 is 6.18 Å². The molecule has 0 fully saturated rings. The van der Waals surface area contributed by atoms with Crippen molar-refractivity contribution in [2.24, 2.45) is 0 Å². The van der Waals surface area contributed by atoms with Crippen molar-refractivity contribution in [3.8, 4) is 0 Å². The van der Waals surface area contributed by atoms with E-state index < -0.39 is 26.8 Å². The molecule has 0 aliphatic carbocycles. The van der Waals surface area contributed by atoms with Crippen LogP contribution in [-0.4, -0.2) is 25.4 Å². The van der Waals surface area contributed by atoms with Gasteiger partial charge in [-0.2, -0.15) is 13.2 Å². The average Bonchev–Trinajstić information content (AvgIpc) is 2.50. The van der Waals surface area contributed by atoms with Gasteiger partial charge in [-0.15, -0.1) is 0 Å². The van der Waals surface area contributed by atoms with Crippen molar-refractivity contribution in [3.05, 3.63) is 29.3 Å². The van der Waals surface area contributed by atoms with E-state index in [2.05, 4.69) is 0 Å². The summed E-state index contributed by atoms with van der Waals surface area (Å²) in [6.45, 7) is -0.302. The Kier molecular flexibility index (Phi) is 3.14. The third-order valence-electron chi connectivity index (χ3n) is 3.03. The molecule has 1 unspecified atom stereocenters. The van der Waals surface area contributed by atoms with Crippen LogP contribution in [-0.2, 0) is 22.4 Å². The lowest BCUT2D eigenvalue weighted by Gasteiger charge is -2.07. The first kappa shape index (κ1) is 13.4. The molecule has 1 heterocycles. The monoisotopic (exact) mass is 280 g/mol. The van der Waals surface area contributed by atoms with E-state index in [1.165, 1.54) is 0 Å². The van der Waals surface area contributed by atoms with Gasteiger partial charge in [0.1, 0.15) is 0 Å². The summed E-state index contributed by atoms with van der Waals surface area (Å²) in [4.78, 5) is -0.0473. The molecule has 0 bridgehead atoms. The number of fused-ring (bicyclic) bond motifs is 1. The first-order valence-electron chi connectivity index (χ1n) is 5.31. The van der Waals surface area contributed by atoms with E-state index >= 15 is 0 Å². The van der Waals surface area contributed by atoms with Crippen LogP contribution in [0.5, 0.6) is 0 Å². The highest BCUT2D eigenvalue weighted by Gasteiger charge is 2.39. The summed E-state index contributed by atoms with van der Waals surface area (Å²) in [5.74, 6) is 0. The van der Waals surface area contributed by atoms with Crippen LogP contribution in [0.25, 0.3) is 0 Å². The molecule has 3 nitrogen and oxygen atoms in total. The summed E-state index contributed by atoms with van der Waals surface area (Å²) in [6, 6.07) is 2.66. The number of sulfone groups is 1. The maximum atomic E-state index is 12.5. The van der Waals surface area contributed by atoms with Crippen molar-refractivity contribution >= 4 is 9.84 Å². The molecule has 0 saturated heterocycles. The molecule has 1 atom stereocenters. The Morgan fingerprint density at radius 2 is 2.00 bits per heavy atom. The van der Waals surface area contributed by atoms with Gasteiger partial charge in [-0.25, -0.2) is 8.42 Å². The number of aliphatic hydroxyl groups excluding tert-OH is 1. The number of aliphatic hydroxyl groups is 1. The number of benzene rings is 1. The summed E-state index contributed by atoms with van der Waals surface area (Å²) in [6.07, 6.45) is -4.41. The Morgan fingerprint density at radius 1 is 1.33 bits per heavy atom. The van der Waals surface area contributed by atoms with Gasteiger partial charge in [0.25, 0.3) is 0 Å². The Bertz CT molecular complexity index is 563.